The standard InChI is InChI=1S/C28H34N6O3/c1-5-37-26-16-22(34-14-12-21(18-35)13-15-34)10-11-23(26)30-28-29-17-25(32(3)19-36)27(31-28)33(4)24-9-7-6-8-20(24)2/h6-11,16-19,21H,5,12-15H2,1-4H3,(H,29,30,31). The summed E-state index contributed by atoms with van der Waals surface area (Å²) < 4.78 is 5.96. The molecule has 3 aromatic rings. The summed E-state index contributed by atoms with van der Waals surface area (Å²) in [5, 5.41) is 3.30. The smallest absolute Gasteiger partial charge is 0.229 e. The molecule has 2 heterocycles. The van der Waals surface area contributed by atoms with E-state index in [0.717, 1.165) is 61.3 Å². The van der Waals surface area contributed by atoms with Crippen molar-refractivity contribution in [3.63, 3.8) is 0 Å². The van der Waals surface area contributed by atoms with Gasteiger partial charge in [-0.1, -0.05) is 18.2 Å². The highest BCUT2D eigenvalue weighted by molar-refractivity contribution is 5.84. The second-order valence-electron chi connectivity index (χ2n) is 9.16. The van der Waals surface area contributed by atoms with Gasteiger partial charge in [0.25, 0.3) is 0 Å². The highest BCUT2D eigenvalue weighted by atomic mass is 16.5. The molecule has 0 spiro atoms. The summed E-state index contributed by atoms with van der Waals surface area (Å²) in [6.07, 6.45) is 5.17. The SMILES string of the molecule is CCOc1cc(N2CCC(C=O)CC2)ccc1Nc1ncc(N(C)C=O)c(N(C)c2ccccc2C)n1. The Labute approximate surface area is 218 Å². The summed E-state index contributed by atoms with van der Waals surface area (Å²) >= 11 is 0. The predicted octanol–water partition coefficient (Wildman–Crippen LogP) is 4.70. The topological polar surface area (TPSA) is 90.9 Å². The van der Waals surface area contributed by atoms with Crippen molar-refractivity contribution in [1.82, 2.24) is 9.97 Å². The molecule has 9 nitrogen and oxygen atoms in total. The van der Waals surface area contributed by atoms with E-state index in [1.165, 1.54) is 4.90 Å². The molecule has 4 rings (SSSR count). The molecule has 1 amide bonds. The van der Waals surface area contributed by atoms with Crippen molar-refractivity contribution in [2.75, 3.05) is 53.8 Å². The number of aromatic nitrogens is 2. The minimum absolute atomic E-state index is 0.147. The van der Waals surface area contributed by atoms with Crippen LogP contribution in [0.3, 0.4) is 0 Å². The Kier molecular flexibility index (Phi) is 8.22. The molecule has 0 saturated carbocycles. The van der Waals surface area contributed by atoms with Crippen molar-refractivity contribution in [2.45, 2.75) is 26.7 Å². The van der Waals surface area contributed by atoms with E-state index in [4.69, 9.17) is 9.72 Å². The Morgan fingerprint density at radius 3 is 2.54 bits per heavy atom. The number of hydrogen-bond acceptors (Lipinski definition) is 8. The Balaban J connectivity index is 1.64. The fraction of sp³-hybridized carbons (Fsp3) is 0.357. The van der Waals surface area contributed by atoms with E-state index in [9.17, 15) is 9.59 Å². The molecule has 1 N–H and O–H groups in total. The number of amides is 1. The fourth-order valence-corrected chi connectivity index (χ4v) is 4.53. The monoisotopic (exact) mass is 502 g/mol. The molecule has 0 unspecified atom stereocenters. The third-order valence-electron chi connectivity index (χ3n) is 6.69. The Bertz CT molecular complexity index is 1240. The van der Waals surface area contributed by atoms with Crippen LogP contribution >= 0.6 is 0 Å². The van der Waals surface area contributed by atoms with Crippen molar-refractivity contribution in [1.29, 1.82) is 0 Å². The number of nitrogens with zero attached hydrogens (tertiary/aromatic N) is 5. The zero-order chi connectivity index (χ0) is 26.4. The van der Waals surface area contributed by atoms with Crippen LogP contribution in [0.25, 0.3) is 0 Å². The Hall–Kier alpha value is -4.14. The molecule has 1 saturated heterocycles. The quantitative estimate of drug-likeness (QED) is 0.399. The van der Waals surface area contributed by atoms with E-state index >= 15 is 0 Å². The normalized spacial score (nSPS) is 13.7. The van der Waals surface area contributed by atoms with Crippen LogP contribution in [0, 0.1) is 12.8 Å². The summed E-state index contributed by atoms with van der Waals surface area (Å²) in [5.41, 5.74) is 4.46. The third kappa shape index (κ3) is 5.82. The number of carbonyl (C=O) groups excluding carboxylic acids is 2. The van der Waals surface area contributed by atoms with E-state index in [0.29, 0.717) is 29.8 Å². The van der Waals surface area contributed by atoms with Crippen LogP contribution in [0.4, 0.5) is 34.5 Å². The van der Waals surface area contributed by atoms with Crippen molar-refractivity contribution in [3.8, 4) is 5.75 Å². The molecule has 0 bridgehead atoms. The maximum atomic E-state index is 11.6. The van der Waals surface area contributed by atoms with Gasteiger partial charge in [-0.05, 0) is 50.5 Å². The molecule has 9 heteroatoms. The van der Waals surface area contributed by atoms with Crippen LogP contribution in [-0.2, 0) is 9.59 Å². The maximum Gasteiger partial charge on any atom is 0.229 e. The highest BCUT2D eigenvalue weighted by Crippen LogP contribution is 2.36. The first-order valence-corrected chi connectivity index (χ1v) is 12.5. The number of aryl methyl sites for hydroxylation is 1. The van der Waals surface area contributed by atoms with Crippen LogP contribution < -0.4 is 24.8 Å². The minimum atomic E-state index is 0.147. The molecule has 1 aliphatic rings. The van der Waals surface area contributed by atoms with Crippen LogP contribution in [0.2, 0.25) is 0 Å². The maximum absolute atomic E-state index is 11.6. The lowest BCUT2D eigenvalue weighted by Gasteiger charge is -2.32. The van der Waals surface area contributed by atoms with Gasteiger partial charge in [0.05, 0.1) is 18.5 Å². The summed E-state index contributed by atoms with van der Waals surface area (Å²) in [5.74, 6) is 1.82. The van der Waals surface area contributed by atoms with Crippen LogP contribution in [0.1, 0.15) is 25.3 Å². The van der Waals surface area contributed by atoms with Gasteiger partial charge in [0.2, 0.25) is 12.4 Å². The Morgan fingerprint density at radius 1 is 1.11 bits per heavy atom. The second-order valence-corrected chi connectivity index (χ2v) is 9.16. The number of benzene rings is 2. The van der Waals surface area contributed by atoms with Gasteiger partial charge in [0.1, 0.15) is 17.7 Å². The van der Waals surface area contributed by atoms with Gasteiger partial charge in [0.15, 0.2) is 5.82 Å². The van der Waals surface area contributed by atoms with E-state index in [-0.39, 0.29) is 5.92 Å². The Morgan fingerprint density at radius 2 is 1.86 bits per heavy atom. The molecular formula is C28H34N6O3. The molecule has 1 aliphatic heterocycles. The van der Waals surface area contributed by atoms with Gasteiger partial charge in [-0.25, -0.2) is 4.98 Å². The van der Waals surface area contributed by atoms with Gasteiger partial charge >= 0.3 is 0 Å². The van der Waals surface area contributed by atoms with Crippen LogP contribution in [0.15, 0.2) is 48.7 Å². The van der Waals surface area contributed by atoms with E-state index in [1.54, 1.807) is 13.2 Å². The van der Waals surface area contributed by atoms with E-state index in [1.807, 2.05) is 68.3 Å². The largest absolute Gasteiger partial charge is 0.492 e. The zero-order valence-corrected chi connectivity index (χ0v) is 21.8. The van der Waals surface area contributed by atoms with E-state index in [2.05, 4.69) is 15.2 Å². The number of hydrogen-bond donors (Lipinski definition) is 1. The molecule has 37 heavy (non-hydrogen) atoms. The average molecular weight is 503 g/mol. The summed E-state index contributed by atoms with van der Waals surface area (Å²) in [4.78, 5) is 37.7. The third-order valence-corrected chi connectivity index (χ3v) is 6.69. The number of piperidine rings is 1. The molecule has 0 radical (unpaired) electrons. The summed E-state index contributed by atoms with van der Waals surface area (Å²) in [6.45, 7) is 6.17. The average Bonchev–Trinajstić information content (AvgIpc) is 2.93. The van der Waals surface area contributed by atoms with Gasteiger partial charge in [-0.15, -0.1) is 0 Å². The van der Waals surface area contributed by atoms with Crippen molar-refractivity contribution >= 4 is 47.2 Å². The predicted molar refractivity (Wildman–Crippen MR) is 148 cm³/mol. The number of rotatable bonds is 10. The van der Waals surface area contributed by atoms with Gasteiger partial charge in [-0.2, -0.15) is 4.98 Å². The second kappa shape index (κ2) is 11.7. The fourth-order valence-electron chi connectivity index (χ4n) is 4.53. The number of ether oxygens (including phenoxy) is 1. The van der Waals surface area contributed by atoms with Crippen molar-refractivity contribution in [2.24, 2.45) is 5.92 Å². The number of carbonyl (C=O) groups is 2. The first kappa shape index (κ1) is 25.9. The van der Waals surface area contributed by atoms with Crippen LogP contribution in [0.5, 0.6) is 5.75 Å². The number of anilines is 6. The van der Waals surface area contributed by atoms with Crippen molar-refractivity contribution < 1.29 is 14.3 Å². The van der Waals surface area contributed by atoms with Gasteiger partial charge in [0, 0.05) is 50.5 Å². The van der Waals surface area contributed by atoms with E-state index < -0.39 is 0 Å². The van der Waals surface area contributed by atoms with Crippen LogP contribution in [-0.4, -0.2) is 56.5 Å². The zero-order valence-electron chi connectivity index (χ0n) is 21.8. The van der Waals surface area contributed by atoms with Gasteiger partial charge in [-0.3, -0.25) is 4.79 Å². The summed E-state index contributed by atoms with van der Waals surface area (Å²) in [7, 11) is 3.60. The molecule has 2 aromatic carbocycles. The molecule has 1 fully saturated rings. The minimum Gasteiger partial charge on any atom is -0.492 e. The molecule has 1 aromatic heterocycles. The van der Waals surface area contributed by atoms with Gasteiger partial charge < -0.3 is 29.5 Å². The molecule has 0 aliphatic carbocycles. The highest BCUT2D eigenvalue weighted by Gasteiger charge is 2.21. The van der Waals surface area contributed by atoms with Crippen molar-refractivity contribution in [3.05, 3.63) is 54.2 Å². The molecular weight excluding hydrogens is 468 g/mol. The lowest BCUT2D eigenvalue weighted by Crippen LogP contribution is -2.34. The number of para-hydroxylation sites is 1. The number of nitrogens with one attached hydrogen (secondary N) is 1. The molecule has 0 atom stereocenters. The first-order valence-electron chi connectivity index (χ1n) is 12.5. The number of aldehydes is 1. The lowest BCUT2D eigenvalue weighted by atomic mass is 9.98. The summed E-state index contributed by atoms with van der Waals surface area (Å²) in [6, 6.07) is 14.0. The molecule has 194 valence electrons. The first-order chi connectivity index (χ1) is 17.9. The lowest BCUT2D eigenvalue weighted by molar-refractivity contribution is -0.111.